The topological polar surface area (TPSA) is 46.5 Å². The van der Waals surface area contributed by atoms with E-state index in [4.69, 9.17) is 4.74 Å². The summed E-state index contributed by atoms with van der Waals surface area (Å²) in [5.74, 6) is 0.0271. The Morgan fingerprint density at radius 3 is 2.86 bits per heavy atom. The van der Waals surface area contributed by atoms with E-state index < -0.39 is 0 Å². The molecule has 0 radical (unpaired) electrons. The van der Waals surface area contributed by atoms with E-state index in [2.05, 4.69) is 0 Å². The summed E-state index contributed by atoms with van der Waals surface area (Å²) in [6.45, 7) is 1.42. The quantitative estimate of drug-likeness (QED) is 0.684. The van der Waals surface area contributed by atoms with Gasteiger partial charge in [0.2, 0.25) is 0 Å². The molecule has 0 heterocycles. The molecule has 3 nitrogen and oxygen atoms in total. The molecule has 0 spiro atoms. The van der Waals surface area contributed by atoms with Gasteiger partial charge in [0.15, 0.2) is 0 Å². The lowest BCUT2D eigenvalue weighted by molar-refractivity contribution is -0.145. The van der Waals surface area contributed by atoms with Crippen LogP contribution in [0.25, 0.3) is 0 Å². The van der Waals surface area contributed by atoms with Gasteiger partial charge in [-0.2, -0.15) is 0 Å². The first kappa shape index (κ1) is 9.06. The highest BCUT2D eigenvalue weighted by Crippen LogP contribution is 2.27. The van der Waals surface area contributed by atoms with Gasteiger partial charge in [-0.05, 0) is 23.3 Å². The molecule has 1 aliphatic carbocycles. The van der Waals surface area contributed by atoms with Crippen LogP contribution in [0.5, 0.6) is 5.75 Å². The molecule has 0 fully saturated rings. The molecule has 2 rings (SSSR count). The Bertz CT molecular complexity index is 371. The van der Waals surface area contributed by atoms with E-state index in [0.717, 1.165) is 17.5 Å². The van der Waals surface area contributed by atoms with Gasteiger partial charge < -0.3 is 9.84 Å². The van der Waals surface area contributed by atoms with Crippen molar-refractivity contribution in [2.75, 3.05) is 0 Å². The second-order valence-electron chi connectivity index (χ2n) is 3.59. The molecule has 0 aliphatic heterocycles. The van der Waals surface area contributed by atoms with Crippen LogP contribution >= 0.6 is 0 Å². The van der Waals surface area contributed by atoms with E-state index in [-0.39, 0.29) is 17.8 Å². The van der Waals surface area contributed by atoms with Crippen molar-refractivity contribution in [3.63, 3.8) is 0 Å². The third kappa shape index (κ3) is 1.71. The van der Waals surface area contributed by atoms with Gasteiger partial charge in [-0.25, -0.2) is 0 Å². The Kier molecular flexibility index (Phi) is 2.15. The summed E-state index contributed by atoms with van der Waals surface area (Å²) in [4.78, 5) is 10.7. The fourth-order valence-electron chi connectivity index (χ4n) is 1.88. The number of esters is 1. The third-order valence-corrected chi connectivity index (χ3v) is 2.42. The largest absolute Gasteiger partial charge is 0.508 e. The Hall–Kier alpha value is -1.51. The van der Waals surface area contributed by atoms with E-state index in [1.807, 2.05) is 6.07 Å². The molecule has 14 heavy (non-hydrogen) atoms. The normalized spacial score (nSPS) is 19.1. The molecule has 1 aromatic carbocycles. The molecule has 74 valence electrons. The maximum Gasteiger partial charge on any atom is 0.302 e. The van der Waals surface area contributed by atoms with Crippen LogP contribution in [0, 0.1) is 0 Å². The second-order valence-corrected chi connectivity index (χ2v) is 3.59. The van der Waals surface area contributed by atoms with E-state index in [1.54, 1.807) is 12.1 Å². The van der Waals surface area contributed by atoms with E-state index >= 15 is 0 Å². The summed E-state index contributed by atoms with van der Waals surface area (Å²) < 4.78 is 5.11. The van der Waals surface area contributed by atoms with E-state index in [9.17, 15) is 9.90 Å². The molecule has 0 bridgehead atoms. The molecular formula is C11H12O3. The van der Waals surface area contributed by atoms with Crippen LogP contribution in [0.4, 0.5) is 0 Å². The second kappa shape index (κ2) is 3.33. The Morgan fingerprint density at radius 2 is 2.14 bits per heavy atom. The first-order chi connectivity index (χ1) is 6.65. The van der Waals surface area contributed by atoms with Crippen molar-refractivity contribution in [1.29, 1.82) is 0 Å². The zero-order chi connectivity index (χ0) is 10.1. The first-order valence-corrected chi connectivity index (χ1v) is 4.63. The minimum absolute atomic E-state index is 0.0516. The minimum atomic E-state index is -0.243. The summed E-state index contributed by atoms with van der Waals surface area (Å²) in [6.07, 6.45) is 1.42. The zero-order valence-electron chi connectivity index (χ0n) is 7.99. The fraction of sp³-hybridized carbons (Fsp3) is 0.364. The summed E-state index contributed by atoms with van der Waals surface area (Å²) >= 11 is 0. The average molecular weight is 192 g/mol. The SMILES string of the molecule is CC(=O)OC1Cc2ccc(O)cc2C1. The summed E-state index contributed by atoms with van der Waals surface area (Å²) in [7, 11) is 0. The average Bonchev–Trinajstić information content (AvgIpc) is 2.44. The number of fused-ring (bicyclic) bond motifs is 1. The molecule has 1 unspecified atom stereocenters. The molecular weight excluding hydrogens is 180 g/mol. The number of ether oxygens (including phenoxy) is 1. The number of hydrogen-bond acceptors (Lipinski definition) is 3. The summed E-state index contributed by atoms with van der Waals surface area (Å²) in [6, 6.07) is 5.28. The molecule has 1 aromatic rings. The van der Waals surface area contributed by atoms with E-state index in [1.165, 1.54) is 6.92 Å². The number of phenolic OH excluding ortho intramolecular Hbond substituents is 1. The van der Waals surface area contributed by atoms with Crippen LogP contribution < -0.4 is 0 Å². The Labute approximate surface area is 82.3 Å². The molecule has 0 amide bonds. The van der Waals surface area contributed by atoms with Crippen LogP contribution in [0.2, 0.25) is 0 Å². The maximum atomic E-state index is 10.7. The number of benzene rings is 1. The van der Waals surface area contributed by atoms with Crippen LogP contribution in [-0.2, 0) is 22.4 Å². The van der Waals surface area contributed by atoms with E-state index in [0.29, 0.717) is 6.42 Å². The monoisotopic (exact) mass is 192 g/mol. The summed E-state index contributed by atoms with van der Waals surface area (Å²) in [5, 5.41) is 9.26. The lowest BCUT2D eigenvalue weighted by Gasteiger charge is -2.08. The van der Waals surface area contributed by atoms with Crippen molar-refractivity contribution >= 4 is 5.97 Å². The highest BCUT2D eigenvalue weighted by molar-refractivity contribution is 5.66. The van der Waals surface area contributed by atoms with Crippen LogP contribution in [0.1, 0.15) is 18.1 Å². The number of carbonyl (C=O) groups is 1. The zero-order valence-corrected chi connectivity index (χ0v) is 7.99. The first-order valence-electron chi connectivity index (χ1n) is 4.63. The van der Waals surface area contributed by atoms with Gasteiger partial charge in [0.05, 0.1) is 0 Å². The Balaban J connectivity index is 2.14. The maximum absolute atomic E-state index is 10.7. The van der Waals surface area contributed by atoms with Gasteiger partial charge in [-0.15, -0.1) is 0 Å². The van der Waals surface area contributed by atoms with Gasteiger partial charge in [0.25, 0.3) is 0 Å². The third-order valence-electron chi connectivity index (χ3n) is 2.42. The molecule has 1 N–H and O–H groups in total. The number of phenols is 1. The minimum Gasteiger partial charge on any atom is -0.508 e. The van der Waals surface area contributed by atoms with Gasteiger partial charge in [-0.1, -0.05) is 6.07 Å². The van der Waals surface area contributed by atoms with Crippen molar-refractivity contribution in [1.82, 2.24) is 0 Å². The smallest absolute Gasteiger partial charge is 0.302 e. The molecule has 1 atom stereocenters. The van der Waals surface area contributed by atoms with Crippen LogP contribution in [-0.4, -0.2) is 17.2 Å². The molecule has 0 saturated heterocycles. The molecule has 0 saturated carbocycles. The lowest BCUT2D eigenvalue weighted by atomic mass is 10.1. The summed E-state index contributed by atoms with van der Waals surface area (Å²) in [5.41, 5.74) is 2.24. The predicted molar refractivity (Wildman–Crippen MR) is 51.1 cm³/mol. The number of hydrogen-bond donors (Lipinski definition) is 1. The number of aromatic hydroxyl groups is 1. The van der Waals surface area contributed by atoms with Gasteiger partial charge in [-0.3, -0.25) is 4.79 Å². The molecule has 0 aromatic heterocycles. The van der Waals surface area contributed by atoms with Crippen LogP contribution in [0.3, 0.4) is 0 Å². The fourth-order valence-corrected chi connectivity index (χ4v) is 1.88. The standard InChI is InChI=1S/C11H12O3/c1-7(12)14-11-5-8-2-3-10(13)4-9(8)6-11/h2-4,11,13H,5-6H2,1H3. The van der Waals surface area contributed by atoms with Crippen molar-refractivity contribution in [2.24, 2.45) is 0 Å². The van der Waals surface area contributed by atoms with Crippen molar-refractivity contribution in [2.45, 2.75) is 25.9 Å². The van der Waals surface area contributed by atoms with Gasteiger partial charge in [0, 0.05) is 19.8 Å². The van der Waals surface area contributed by atoms with Crippen LogP contribution in [0.15, 0.2) is 18.2 Å². The van der Waals surface area contributed by atoms with Crippen molar-refractivity contribution < 1.29 is 14.6 Å². The molecule has 1 aliphatic rings. The predicted octanol–water partition coefficient (Wildman–Crippen LogP) is 1.42. The molecule has 3 heteroatoms. The highest BCUT2D eigenvalue weighted by Gasteiger charge is 2.23. The Morgan fingerprint density at radius 1 is 1.43 bits per heavy atom. The van der Waals surface area contributed by atoms with Gasteiger partial charge in [0.1, 0.15) is 11.9 Å². The lowest BCUT2D eigenvalue weighted by Crippen LogP contribution is -2.15. The highest BCUT2D eigenvalue weighted by atomic mass is 16.5. The van der Waals surface area contributed by atoms with Gasteiger partial charge >= 0.3 is 5.97 Å². The number of rotatable bonds is 1. The number of carbonyl (C=O) groups excluding carboxylic acids is 1. The van der Waals surface area contributed by atoms with Crippen molar-refractivity contribution in [3.8, 4) is 5.75 Å². The van der Waals surface area contributed by atoms with Crippen molar-refractivity contribution in [3.05, 3.63) is 29.3 Å².